The van der Waals surface area contributed by atoms with E-state index in [4.69, 9.17) is 5.11 Å². The van der Waals surface area contributed by atoms with Crippen LogP contribution in [0.3, 0.4) is 0 Å². The number of nitrogens with zero attached hydrogens (tertiary/aromatic N) is 1. The van der Waals surface area contributed by atoms with E-state index in [0.717, 1.165) is 10.0 Å². The van der Waals surface area contributed by atoms with Crippen LogP contribution in [-0.4, -0.2) is 21.6 Å². The van der Waals surface area contributed by atoms with Gasteiger partial charge in [0.15, 0.2) is 0 Å². The standard InChI is InChI=1S/C14H13BrN2O3/c15-11-4-1-3-10(7-11)8-16-14(20)12-5-2-6-17(12)9-13(18)19/h1-7H,8-9H2,(H,16,20)(H,18,19). The monoisotopic (exact) mass is 336 g/mol. The Labute approximate surface area is 124 Å². The molecule has 0 atom stereocenters. The first-order chi connectivity index (χ1) is 9.56. The summed E-state index contributed by atoms with van der Waals surface area (Å²) >= 11 is 3.36. The Balaban J connectivity index is 2.02. The van der Waals surface area contributed by atoms with Crippen molar-refractivity contribution in [2.75, 3.05) is 0 Å². The zero-order valence-corrected chi connectivity index (χ0v) is 12.1. The minimum atomic E-state index is -0.984. The quantitative estimate of drug-likeness (QED) is 0.879. The molecule has 1 amide bonds. The Hall–Kier alpha value is -2.08. The Morgan fingerprint density at radius 2 is 2.05 bits per heavy atom. The molecule has 0 aliphatic heterocycles. The SMILES string of the molecule is O=C(O)Cn1cccc1C(=O)NCc1cccc(Br)c1. The first-order valence-corrected chi connectivity index (χ1v) is 6.75. The zero-order chi connectivity index (χ0) is 14.5. The highest BCUT2D eigenvalue weighted by molar-refractivity contribution is 9.10. The number of carboxylic acids is 1. The van der Waals surface area contributed by atoms with Gasteiger partial charge >= 0.3 is 5.97 Å². The van der Waals surface area contributed by atoms with Crippen molar-refractivity contribution >= 4 is 27.8 Å². The van der Waals surface area contributed by atoms with E-state index >= 15 is 0 Å². The highest BCUT2D eigenvalue weighted by Gasteiger charge is 2.12. The van der Waals surface area contributed by atoms with Crippen LogP contribution < -0.4 is 5.32 Å². The number of amides is 1. The number of aliphatic carboxylic acids is 1. The van der Waals surface area contributed by atoms with Gasteiger partial charge < -0.3 is 15.0 Å². The van der Waals surface area contributed by atoms with Crippen LogP contribution in [0.15, 0.2) is 47.1 Å². The summed E-state index contributed by atoms with van der Waals surface area (Å²) in [5, 5.41) is 11.5. The maximum absolute atomic E-state index is 12.0. The second kappa shape index (κ2) is 6.38. The lowest BCUT2D eigenvalue weighted by atomic mass is 10.2. The highest BCUT2D eigenvalue weighted by Crippen LogP contribution is 2.11. The minimum Gasteiger partial charge on any atom is -0.480 e. The molecule has 0 aliphatic carbocycles. The van der Waals surface area contributed by atoms with Crippen molar-refractivity contribution in [1.29, 1.82) is 0 Å². The van der Waals surface area contributed by atoms with Crippen molar-refractivity contribution in [1.82, 2.24) is 9.88 Å². The third-order valence-corrected chi connectivity index (χ3v) is 3.20. The van der Waals surface area contributed by atoms with E-state index in [-0.39, 0.29) is 12.5 Å². The van der Waals surface area contributed by atoms with E-state index in [1.165, 1.54) is 4.57 Å². The molecule has 6 heteroatoms. The molecule has 0 saturated heterocycles. The molecule has 104 valence electrons. The van der Waals surface area contributed by atoms with E-state index < -0.39 is 5.97 Å². The Bertz CT molecular complexity index is 637. The topological polar surface area (TPSA) is 71.3 Å². The van der Waals surface area contributed by atoms with Gasteiger partial charge in [-0.3, -0.25) is 9.59 Å². The van der Waals surface area contributed by atoms with Crippen LogP contribution >= 0.6 is 15.9 Å². The minimum absolute atomic E-state index is 0.230. The largest absolute Gasteiger partial charge is 0.480 e. The van der Waals surface area contributed by atoms with Crippen molar-refractivity contribution in [3.63, 3.8) is 0 Å². The summed E-state index contributed by atoms with van der Waals surface area (Å²) in [5.41, 5.74) is 1.30. The molecular weight excluding hydrogens is 324 g/mol. The number of carbonyl (C=O) groups excluding carboxylic acids is 1. The van der Waals surface area contributed by atoms with Crippen molar-refractivity contribution < 1.29 is 14.7 Å². The van der Waals surface area contributed by atoms with Gasteiger partial charge in [-0.25, -0.2) is 0 Å². The van der Waals surface area contributed by atoms with Gasteiger partial charge in [-0.2, -0.15) is 0 Å². The molecule has 2 rings (SSSR count). The number of rotatable bonds is 5. The average molecular weight is 337 g/mol. The van der Waals surface area contributed by atoms with Crippen LogP contribution in [0.5, 0.6) is 0 Å². The van der Waals surface area contributed by atoms with Crippen molar-refractivity contribution in [3.8, 4) is 0 Å². The second-order valence-electron chi connectivity index (χ2n) is 4.23. The summed E-state index contributed by atoms with van der Waals surface area (Å²) in [5.74, 6) is -1.28. The first-order valence-electron chi connectivity index (χ1n) is 5.96. The van der Waals surface area contributed by atoms with Crippen LogP contribution in [0.25, 0.3) is 0 Å². The maximum Gasteiger partial charge on any atom is 0.323 e. The van der Waals surface area contributed by atoms with Gasteiger partial charge in [0.1, 0.15) is 12.2 Å². The second-order valence-corrected chi connectivity index (χ2v) is 5.14. The summed E-state index contributed by atoms with van der Waals surface area (Å²) in [6.45, 7) is 0.156. The molecule has 2 aromatic rings. The van der Waals surface area contributed by atoms with Crippen LogP contribution in [0.2, 0.25) is 0 Å². The first kappa shape index (κ1) is 14.3. The molecule has 0 aliphatic rings. The molecule has 0 unspecified atom stereocenters. The van der Waals surface area contributed by atoms with Gasteiger partial charge in [0.25, 0.3) is 5.91 Å². The van der Waals surface area contributed by atoms with Gasteiger partial charge in [0, 0.05) is 17.2 Å². The number of halogens is 1. The van der Waals surface area contributed by atoms with Gasteiger partial charge in [0.05, 0.1) is 0 Å². The third kappa shape index (κ3) is 3.71. The molecule has 1 aromatic carbocycles. The zero-order valence-electron chi connectivity index (χ0n) is 10.5. The molecule has 0 bridgehead atoms. The summed E-state index contributed by atoms with van der Waals surface area (Å²) < 4.78 is 2.34. The molecule has 0 fully saturated rings. The summed E-state index contributed by atoms with van der Waals surface area (Å²) in [7, 11) is 0. The van der Waals surface area contributed by atoms with E-state index in [9.17, 15) is 9.59 Å². The molecule has 2 N–H and O–H groups in total. The Kier molecular flexibility index (Phi) is 4.57. The molecular formula is C14H13BrN2O3. The van der Waals surface area contributed by atoms with Crippen LogP contribution in [0, 0.1) is 0 Å². The number of carbonyl (C=O) groups is 2. The molecule has 1 heterocycles. The summed E-state index contributed by atoms with van der Waals surface area (Å²) in [4.78, 5) is 22.7. The average Bonchev–Trinajstić information content (AvgIpc) is 2.83. The van der Waals surface area contributed by atoms with Crippen LogP contribution in [0.4, 0.5) is 0 Å². The number of nitrogens with one attached hydrogen (secondary N) is 1. The third-order valence-electron chi connectivity index (χ3n) is 2.71. The number of carboxylic acid groups (broad SMARTS) is 1. The van der Waals surface area contributed by atoms with E-state index in [1.807, 2.05) is 24.3 Å². The van der Waals surface area contributed by atoms with Crippen molar-refractivity contribution in [2.45, 2.75) is 13.1 Å². The van der Waals surface area contributed by atoms with Gasteiger partial charge in [-0.1, -0.05) is 28.1 Å². The molecule has 0 radical (unpaired) electrons. The smallest absolute Gasteiger partial charge is 0.323 e. The predicted molar refractivity (Wildman–Crippen MR) is 77.4 cm³/mol. The summed E-state index contributed by atoms with van der Waals surface area (Å²) in [6, 6.07) is 10.9. The Morgan fingerprint density at radius 3 is 2.75 bits per heavy atom. The number of hydrogen-bond acceptors (Lipinski definition) is 2. The molecule has 1 aromatic heterocycles. The van der Waals surface area contributed by atoms with Crippen molar-refractivity contribution in [2.24, 2.45) is 0 Å². The van der Waals surface area contributed by atoms with Crippen molar-refractivity contribution in [3.05, 3.63) is 58.3 Å². The fourth-order valence-corrected chi connectivity index (χ4v) is 2.27. The maximum atomic E-state index is 12.0. The van der Waals surface area contributed by atoms with Gasteiger partial charge in [-0.15, -0.1) is 0 Å². The molecule has 20 heavy (non-hydrogen) atoms. The van der Waals surface area contributed by atoms with Gasteiger partial charge in [0.2, 0.25) is 0 Å². The Morgan fingerprint density at radius 1 is 1.25 bits per heavy atom. The fraction of sp³-hybridized carbons (Fsp3) is 0.143. The number of benzene rings is 1. The lowest BCUT2D eigenvalue weighted by Gasteiger charge is -2.08. The fourth-order valence-electron chi connectivity index (χ4n) is 1.82. The van der Waals surface area contributed by atoms with E-state index in [1.54, 1.807) is 18.3 Å². The molecule has 5 nitrogen and oxygen atoms in total. The lowest BCUT2D eigenvalue weighted by Crippen LogP contribution is -2.26. The van der Waals surface area contributed by atoms with E-state index in [2.05, 4.69) is 21.2 Å². The normalized spacial score (nSPS) is 10.2. The van der Waals surface area contributed by atoms with Gasteiger partial charge in [-0.05, 0) is 29.8 Å². The highest BCUT2D eigenvalue weighted by atomic mass is 79.9. The molecule has 0 spiro atoms. The number of aromatic nitrogens is 1. The number of hydrogen-bond donors (Lipinski definition) is 2. The van der Waals surface area contributed by atoms with E-state index in [0.29, 0.717) is 12.2 Å². The summed E-state index contributed by atoms with van der Waals surface area (Å²) in [6.07, 6.45) is 1.57. The lowest BCUT2D eigenvalue weighted by molar-refractivity contribution is -0.137. The van der Waals surface area contributed by atoms with Crippen LogP contribution in [0.1, 0.15) is 16.1 Å². The van der Waals surface area contributed by atoms with Crippen LogP contribution in [-0.2, 0) is 17.9 Å². The predicted octanol–water partition coefficient (Wildman–Crippen LogP) is 2.27. The molecule has 0 saturated carbocycles.